The molecular formula is C10H11N3O6. The van der Waals surface area contributed by atoms with Gasteiger partial charge in [0.1, 0.15) is 0 Å². The summed E-state index contributed by atoms with van der Waals surface area (Å²) in [5, 5.41) is 10.7. The van der Waals surface area contributed by atoms with Gasteiger partial charge in [0, 0.05) is 6.07 Å². The van der Waals surface area contributed by atoms with E-state index in [1.54, 1.807) is 0 Å². The van der Waals surface area contributed by atoms with Crippen molar-refractivity contribution in [2.45, 2.75) is 0 Å². The van der Waals surface area contributed by atoms with Gasteiger partial charge in [0.25, 0.3) is 5.91 Å². The van der Waals surface area contributed by atoms with E-state index in [-0.39, 0.29) is 11.4 Å². The van der Waals surface area contributed by atoms with Crippen molar-refractivity contribution in [3.63, 3.8) is 0 Å². The first kappa shape index (κ1) is 14.4. The molecule has 102 valence electrons. The number of ether oxygens (including phenoxy) is 1. The Balaban J connectivity index is 2.46. The third-order valence-electron chi connectivity index (χ3n) is 1.82. The molecular weight excluding hydrogens is 258 g/mol. The summed E-state index contributed by atoms with van der Waals surface area (Å²) in [6, 6.07) is 5.61. The van der Waals surface area contributed by atoms with Crippen molar-refractivity contribution in [3.8, 4) is 5.75 Å². The van der Waals surface area contributed by atoms with Crippen molar-refractivity contribution >= 4 is 17.5 Å². The number of benzene rings is 1. The number of rotatable bonds is 7. The second-order valence-electron chi connectivity index (χ2n) is 3.29. The molecule has 0 unspecified atom stereocenters. The van der Waals surface area contributed by atoms with Crippen LogP contribution in [0.4, 0.5) is 5.69 Å². The van der Waals surface area contributed by atoms with Crippen LogP contribution in [-0.2, 0) is 14.4 Å². The Bertz CT molecular complexity index is 490. The summed E-state index contributed by atoms with van der Waals surface area (Å²) in [6.45, 7) is -0.971. The summed E-state index contributed by atoms with van der Waals surface area (Å²) in [5.74, 6) is -1.50. The van der Waals surface area contributed by atoms with Gasteiger partial charge in [-0.25, -0.2) is 5.48 Å². The van der Waals surface area contributed by atoms with Gasteiger partial charge in [0.2, 0.25) is 5.91 Å². The van der Waals surface area contributed by atoms with Gasteiger partial charge in [-0.05, 0) is 6.07 Å². The molecule has 0 saturated heterocycles. The molecule has 2 amide bonds. The molecule has 1 aromatic carbocycles. The summed E-state index contributed by atoms with van der Waals surface area (Å²) < 4.78 is 4.97. The summed E-state index contributed by atoms with van der Waals surface area (Å²) in [4.78, 5) is 36.0. The number of hydroxylamine groups is 1. The topological polar surface area (TPSA) is 134 Å². The number of nitro groups is 1. The number of nitrogens with two attached hydrogens (primary N) is 1. The Morgan fingerprint density at radius 1 is 1.32 bits per heavy atom. The highest BCUT2D eigenvalue weighted by molar-refractivity contribution is 5.78. The SMILES string of the molecule is NC(=O)CONC(=O)COc1ccccc1[N+](=O)[O-]. The summed E-state index contributed by atoms with van der Waals surface area (Å²) in [5.41, 5.74) is 6.42. The van der Waals surface area contributed by atoms with Gasteiger partial charge >= 0.3 is 5.69 Å². The van der Waals surface area contributed by atoms with Crippen molar-refractivity contribution in [1.29, 1.82) is 0 Å². The van der Waals surface area contributed by atoms with Gasteiger partial charge in [-0.2, -0.15) is 0 Å². The lowest BCUT2D eigenvalue weighted by molar-refractivity contribution is -0.385. The third kappa shape index (κ3) is 5.00. The molecule has 0 saturated carbocycles. The van der Waals surface area contributed by atoms with Crippen LogP contribution in [0.15, 0.2) is 24.3 Å². The number of nitrogens with zero attached hydrogens (tertiary/aromatic N) is 1. The number of nitrogens with one attached hydrogen (secondary N) is 1. The number of primary amides is 1. The monoisotopic (exact) mass is 269 g/mol. The average molecular weight is 269 g/mol. The van der Waals surface area contributed by atoms with Crippen LogP contribution in [0.1, 0.15) is 0 Å². The minimum absolute atomic E-state index is 0.0439. The quantitative estimate of drug-likeness (QED) is 0.506. The van der Waals surface area contributed by atoms with E-state index in [0.717, 1.165) is 0 Å². The van der Waals surface area contributed by atoms with E-state index in [9.17, 15) is 19.7 Å². The number of carbonyl (C=O) groups excluding carboxylic acids is 2. The van der Waals surface area contributed by atoms with E-state index < -0.39 is 30.0 Å². The second kappa shape index (κ2) is 6.91. The van der Waals surface area contributed by atoms with Gasteiger partial charge < -0.3 is 10.5 Å². The summed E-state index contributed by atoms with van der Waals surface area (Å²) in [7, 11) is 0. The standard InChI is InChI=1S/C10H11N3O6/c11-9(14)5-19-12-10(15)6-18-8-4-2-1-3-7(8)13(16)17/h1-4H,5-6H2,(H2,11,14)(H,12,15). The first-order valence-corrected chi connectivity index (χ1v) is 5.06. The van der Waals surface area contributed by atoms with Crippen LogP contribution < -0.4 is 16.0 Å². The fraction of sp³-hybridized carbons (Fsp3) is 0.200. The highest BCUT2D eigenvalue weighted by Crippen LogP contribution is 2.25. The zero-order valence-electron chi connectivity index (χ0n) is 9.70. The molecule has 0 radical (unpaired) electrons. The van der Waals surface area contributed by atoms with E-state index >= 15 is 0 Å². The zero-order valence-corrected chi connectivity index (χ0v) is 9.70. The van der Waals surface area contributed by atoms with Crippen molar-refractivity contribution in [1.82, 2.24) is 5.48 Å². The van der Waals surface area contributed by atoms with Crippen LogP contribution >= 0.6 is 0 Å². The third-order valence-corrected chi connectivity index (χ3v) is 1.82. The first-order chi connectivity index (χ1) is 9.00. The lowest BCUT2D eigenvalue weighted by Crippen LogP contribution is -2.32. The molecule has 0 aliphatic carbocycles. The van der Waals surface area contributed by atoms with Gasteiger partial charge in [0.15, 0.2) is 19.0 Å². The van der Waals surface area contributed by atoms with Crippen molar-refractivity contribution in [3.05, 3.63) is 34.4 Å². The molecule has 19 heavy (non-hydrogen) atoms. The van der Waals surface area contributed by atoms with Crippen LogP contribution in [0.3, 0.4) is 0 Å². The van der Waals surface area contributed by atoms with Gasteiger partial charge in [0.05, 0.1) is 4.92 Å². The molecule has 0 aliphatic heterocycles. The molecule has 0 fully saturated rings. The molecule has 0 aromatic heterocycles. The zero-order chi connectivity index (χ0) is 14.3. The molecule has 9 nitrogen and oxygen atoms in total. The minimum atomic E-state index is -0.750. The lowest BCUT2D eigenvalue weighted by Gasteiger charge is -2.06. The molecule has 0 aliphatic rings. The van der Waals surface area contributed by atoms with Gasteiger partial charge in [-0.15, -0.1) is 0 Å². The maximum atomic E-state index is 11.2. The second-order valence-corrected chi connectivity index (χ2v) is 3.29. The van der Waals surface area contributed by atoms with Crippen molar-refractivity contribution < 1.29 is 24.1 Å². The fourth-order valence-electron chi connectivity index (χ4n) is 1.09. The maximum absolute atomic E-state index is 11.2. The smallest absolute Gasteiger partial charge is 0.310 e. The van der Waals surface area contributed by atoms with Crippen molar-refractivity contribution in [2.24, 2.45) is 5.73 Å². The largest absolute Gasteiger partial charge is 0.477 e. The molecule has 1 rings (SSSR count). The molecule has 0 bridgehead atoms. The van der Waals surface area contributed by atoms with Crippen LogP contribution in [0.25, 0.3) is 0 Å². The Morgan fingerprint density at radius 2 is 2.00 bits per heavy atom. The number of nitro benzene ring substituents is 1. The van der Waals surface area contributed by atoms with Gasteiger partial charge in [-0.3, -0.25) is 24.5 Å². The fourth-order valence-corrected chi connectivity index (χ4v) is 1.09. The van der Waals surface area contributed by atoms with Gasteiger partial charge in [-0.1, -0.05) is 12.1 Å². The Morgan fingerprint density at radius 3 is 2.63 bits per heavy atom. The van der Waals surface area contributed by atoms with E-state index in [4.69, 9.17) is 10.5 Å². The van der Waals surface area contributed by atoms with E-state index in [1.807, 2.05) is 5.48 Å². The maximum Gasteiger partial charge on any atom is 0.310 e. The number of amides is 2. The molecule has 3 N–H and O–H groups in total. The first-order valence-electron chi connectivity index (χ1n) is 5.06. The number of hydrogen-bond donors (Lipinski definition) is 2. The molecule has 0 spiro atoms. The molecule has 1 aromatic rings. The summed E-state index contributed by atoms with van der Waals surface area (Å²) in [6.07, 6.45) is 0. The molecule has 0 atom stereocenters. The molecule has 9 heteroatoms. The number of hydrogen-bond acceptors (Lipinski definition) is 6. The Hall–Kier alpha value is -2.68. The normalized spacial score (nSPS) is 9.68. The van der Waals surface area contributed by atoms with E-state index in [1.165, 1.54) is 24.3 Å². The highest BCUT2D eigenvalue weighted by Gasteiger charge is 2.14. The minimum Gasteiger partial charge on any atom is -0.477 e. The van der Waals surface area contributed by atoms with Crippen LogP contribution in [0.2, 0.25) is 0 Å². The van der Waals surface area contributed by atoms with Crippen LogP contribution in [-0.4, -0.2) is 30.0 Å². The average Bonchev–Trinajstić information content (AvgIpc) is 2.36. The van der Waals surface area contributed by atoms with Crippen molar-refractivity contribution in [2.75, 3.05) is 13.2 Å². The van der Waals surface area contributed by atoms with E-state index in [2.05, 4.69) is 4.84 Å². The predicted molar refractivity (Wildman–Crippen MR) is 61.9 cm³/mol. The number of para-hydroxylation sites is 2. The predicted octanol–water partition coefficient (Wildman–Crippen LogP) is -0.493. The number of carbonyl (C=O) groups is 2. The Labute approximate surface area is 107 Å². The highest BCUT2D eigenvalue weighted by atomic mass is 16.7. The van der Waals surface area contributed by atoms with Crippen LogP contribution in [0.5, 0.6) is 5.75 Å². The Kier molecular flexibility index (Phi) is 5.23. The van der Waals surface area contributed by atoms with E-state index in [0.29, 0.717) is 0 Å². The summed E-state index contributed by atoms with van der Waals surface area (Å²) >= 11 is 0. The lowest BCUT2D eigenvalue weighted by atomic mass is 10.3. The molecule has 0 heterocycles. The van der Waals surface area contributed by atoms with Crippen LogP contribution in [0, 0.1) is 10.1 Å².